The molecule has 166 valence electrons. The standard InChI is InChI=1S/C26H32N6/c1-15(2)22-23(19-11-32-25(28-14-29-32)17(4)16(19)3)31-21-6-5-20(30-24(21)22)18-7-9-26(10-8-18)12-27-13-26/h5-6,11,14-15,18,27,31H,7-10,12-13H2,1-4H3. The molecule has 2 fully saturated rings. The highest BCUT2D eigenvalue weighted by Crippen LogP contribution is 2.45. The molecule has 0 atom stereocenters. The maximum absolute atomic E-state index is 5.28. The Morgan fingerprint density at radius 3 is 2.56 bits per heavy atom. The Balaban J connectivity index is 1.45. The van der Waals surface area contributed by atoms with Gasteiger partial charge in [0.15, 0.2) is 5.65 Å². The summed E-state index contributed by atoms with van der Waals surface area (Å²) in [4.78, 5) is 13.4. The van der Waals surface area contributed by atoms with Gasteiger partial charge in [0.2, 0.25) is 0 Å². The van der Waals surface area contributed by atoms with Gasteiger partial charge < -0.3 is 10.3 Å². The van der Waals surface area contributed by atoms with Gasteiger partial charge in [-0.15, -0.1) is 0 Å². The summed E-state index contributed by atoms with van der Waals surface area (Å²) in [6, 6.07) is 4.51. The Hall–Kier alpha value is -2.73. The van der Waals surface area contributed by atoms with Crippen LogP contribution in [-0.2, 0) is 0 Å². The minimum atomic E-state index is 0.364. The second kappa shape index (κ2) is 7.14. The van der Waals surface area contributed by atoms with Gasteiger partial charge in [0.25, 0.3) is 0 Å². The molecule has 6 rings (SSSR count). The molecule has 0 aromatic carbocycles. The quantitative estimate of drug-likeness (QED) is 0.467. The number of hydrogen-bond acceptors (Lipinski definition) is 4. The lowest BCUT2D eigenvalue weighted by molar-refractivity contribution is 0.0969. The molecule has 32 heavy (non-hydrogen) atoms. The van der Waals surface area contributed by atoms with Crippen molar-refractivity contribution in [2.45, 2.75) is 65.2 Å². The molecular formula is C26H32N6. The molecule has 4 aromatic heterocycles. The average molecular weight is 429 g/mol. The summed E-state index contributed by atoms with van der Waals surface area (Å²) in [6.45, 7) is 11.3. The van der Waals surface area contributed by atoms with Crippen LogP contribution >= 0.6 is 0 Å². The summed E-state index contributed by atoms with van der Waals surface area (Å²) < 4.78 is 1.89. The van der Waals surface area contributed by atoms with Gasteiger partial charge >= 0.3 is 0 Å². The number of fused-ring (bicyclic) bond motifs is 2. The first kappa shape index (κ1) is 19.9. The third kappa shape index (κ3) is 2.92. The van der Waals surface area contributed by atoms with E-state index in [1.165, 1.54) is 72.4 Å². The Labute approximate surface area is 188 Å². The van der Waals surface area contributed by atoms with Crippen molar-refractivity contribution in [1.82, 2.24) is 29.9 Å². The number of rotatable bonds is 3. The van der Waals surface area contributed by atoms with Crippen LogP contribution in [-0.4, -0.2) is 37.7 Å². The lowest BCUT2D eigenvalue weighted by atomic mass is 9.66. The van der Waals surface area contributed by atoms with Crippen molar-refractivity contribution in [3.8, 4) is 11.3 Å². The van der Waals surface area contributed by atoms with E-state index in [9.17, 15) is 0 Å². The van der Waals surface area contributed by atoms with Crippen LogP contribution in [0, 0.1) is 19.3 Å². The van der Waals surface area contributed by atoms with E-state index in [1.807, 2.05) is 4.52 Å². The maximum atomic E-state index is 5.28. The van der Waals surface area contributed by atoms with Gasteiger partial charge in [-0.1, -0.05) is 13.8 Å². The SMILES string of the molecule is Cc1c(-c2[nH]c3ccc(C4CCC5(CC4)CNC5)nc3c2C(C)C)cn2ncnc2c1C. The third-order valence-corrected chi connectivity index (χ3v) is 8.14. The van der Waals surface area contributed by atoms with Crippen molar-refractivity contribution in [3.05, 3.63) is 47.0 Å². The van der Waals surface area contributed by atoms with Crippen LogP contribution in [0.2, 0.25) is 0 Å². The number of aromatic amines is 1. The van der Waals surface area contributed by atoms with Gasteiger partial charge in [0.05, 0.1) is 16.7 Å². The fraction of sp³-hybridized carbons (Fsp3) is 0.500. The van der Waals surface area contributed by atoms with Gasteiger partial charge in [-0.25, -0.2) is 9.50 Å². The summed E-state index contributed by atoms with van der Waals surface area (Å²) >= 11 is 0. The fourth-order valence-electron chi connectivity index (χ4n) is 5.91. The molecule has 0 unspecified atom stereocenters. The highest BCUT2D eigenvalue weighted by atomic mass is 15.3. The molecule has 1 saturated heterocycles. The first-order valence-electron chi connectivity index (χ1n) is 12.0. The molecule has 0 amide bonds. The number of aryl methyl sites for hydroxylation is 1. The van der Waals surface area contributed by atoms with Crippen LogP contribution in [0.15, 0.2) is 24.7 Å². The van der Waals surface area contributed by atoms with E-state index in [0.29, 0.717) is 17.3 Å². The lowest BCUT2D eigenvalue weighted by Gasteiger charge is -2.47. The van der Waals surface area contributed by atoms with Gasteiger partial charge in [-0.3, -0.25) is 4.98 Å². The largest absolute Gasteiger partial charge is 0.353 e. The van der Waals surface area contributed by atoms with Gasteiger partial charge in [0.1, 0.15) is 6.33 Å². The fourth-order valence-corrected chi connectivity index (χ4v) is 5.91. The van der Waals surface area contributed by atoms with Crippen LogP contribution in [0.3, 0.4) is 0 Å². The molecule has 6 nitrogen and oxygen atoms in total. The van der Waals surface area contributed by atoms with Crippen LogP contribution < -0.4 is 5.32 Å². The number of nitrogens with one attached hydrogen (secondary N) is 2. The van der Waals surface area contributed by atoms with E-state index in [0.717, 1.165) is 16.7 Å². The highest BCUT2D eigenvalue weighted by molar-refractivity contribution is 5.89. The molecule has 0 radical (unpaired) electrons. The van der Waals surface area contributed by atoms with Gasteiger partial charge in [-0.05, 0) is 74.1 Å². The second-order valence-corrected chi connectivity index (χ2v) is 10.4. The molecular weight excluding hydrogens is 396 g/mol. The molecule has 0 bridgehead atoms. The summed E-state index contributed by atoms with van der Waals surface area (Å²) in [5.41, 5.74) is 11.1. The Morgan fingerprint density at radius 2 is 1.88 bits per heavy atom. The second-order valence-electron chi connectivity index (χ2n) is 10.4. The third-order valence-electron chi connectivity index (χ3n) is 8.14. The summed E-state index contributed by atoms with van der Waals surface area (Å²) in [7, 11) is 0. The Bertz CT molecular complexity index is 1310. The van der Waals surface area contributed by atoms with E-state index < -0.39 is 0 Å². The zero-order valence-electron chi connectivity index (χ0n) is 19.5. The molecule has 4 aromatic rings. The first-order valence-corrected chi connectivity index (χ1v) is 12.0. The van der Waals surface area contributed by atoms with Gasteiger partial charge in [0, 0.05) is 42.0 Å². The molecule has 2 N–H and O–H groups in total. The molecule has 1 aliphatic carbocycles. The Morgan fingerprint density at radius 1 is 1.09 bits per heavy atom. The van der Waals surface area contributed by atoms with Crippen molar-refractivity contribution >= 4 is 16.7 Å². The lowest BCUT2D eigenvalue weighted by Crippen LogP contribution is -2.54. The van der Waals surface area contributed by atoms with Gasteiger partial charge in [-0.2, -0.15) is 5.10 Å². The van der Waals surface area contributed by atoms with E-state index in [-0.39, 0.29) is 0 Å². The predicted molar refractivity (Wildman–Crippen MR) is 128 cm³/mol. The summed E-state index contributed by atoms with van der Waals surface area (Å²) in [5, 5.41) is 7.88. The highest BCUT2D eigenvalue weighted by Gasteiger charge is 2.40. The number of nitrogens with zero attached hydrogens (tertiary/aromatic N) is 4. The molecule has 1 saturated carbocycles. The normalized spacial score (nSPS) is 18.8. The number of hydrogen-bond donors (Lipinski definition) is 2. The Kier molecular flexibility index (Phi) is 4.44. The molecule has 2 aliphatic rings. The van der Waals surface area contributed by atoms with Crippen molar-refractivity contribution in [1.29, 1.82) is 0 Å². The minimum absolute atomic E-state index is 0.364. The maximum Gasteiger partial charge on any atom is 0.158 e. The summed E-state index contributed by atoms with van der Waals surface area (Å²) in [5.74, 6) is 0.947. The predicted octanol–water partition coefficient (Wildman–Crippen LogP) is 5.26. The van der Waals surface area contributed by atoms with E-state index in [1.54, 1.807) is 6.33 Å². The van der Waals surface area contributed by atoms with E-state index >= 15 is 0 Å². The molecule has 1 aliphatic heterocycles. The van der Waals surface area contributed by atoms with E-state index in [2.05, 4.69) is 66.4 Å². The first-order chi connectivity index (χ1) is 15.5. The zero-order chi connectivity index (χ0) is 22.0. The summed E-state index contributed by atoms with van der Waals surface area (Å²) in [6.07, 6.45) is 8.91. The van der Waals surface area contributed by atoms with Crippen LogP contribution in [0.4, 0.5) is 0 Å². The van der Waals surface area contributed by atoms with Crippen molar-refractivity contribution in [2.24, 2.45) is 5.41 Å². The van der Waals surface area contributed by atoms with E-state index in [4.69, 9.17) is 4.98 Å². The smallest absolute Gasteiger partial charge is 0.158 e. The van der Waals surface area contributed by atoms with Crippen molar-refractivity contribution in [2.75, 3.05) is 13.1 Å². The monoisotopic (exact) mass is 428 g/mol. The van der Waals surface area contributed by atoms with Crippen molar-refractivity contribution in [3.63, 3.8) is 0 Å². The number of pyridine rings is 2. The average Bonchev–Trinajstić information content (AvgIpc) is 3.39. The topological polar surface area (TPSA) is 70.9 Å². The zero-order valence-corrected chi connectivity index (χ0v) is 19.5. The van der Waals surface area contributed by atoms with Crippen LogP contribution in [0.25, 0.3) is 27.9 Å². The van der Waals surface area contributed by atoms with Crippen molar-refractivity contribution < 1.29 is 0 Å². The molecule has 1 spiro atoms. The number of H-pyrrole nitrogens is 1. The molecule has 6 heteroatoms. The number of aromatic nitrogens is 5. The van der Waals surface area contributed by atoms with Crippen LogP contribution in [0.1, 0.15) is 73.8 Å². The minimum Gasteiger partial charge on any atom is -0.353 e. The van der Waals surface area contributed by atoms with Crippen LogP contribution in [0.5, 0.6) is 0 Å². The molecule has 5 heterocycles.